The van der Waals surface area contributed by atoms with E-state index in [9.17, 15) is 9.59 Å². The van der Waals surface area contributed by atoms with Gasteiger partial charge < -0.3 is 11.1 Å². The zero-order valence-corrected chi connectivity index (χ0v) is 15.7. The molecular formula is C19H24N4O2S. The number of thiazole rings is 1. The molecule has 2 amide bonds. The predicted octanol–water partition coefficient (Wildman–Crippen LogP) is 2.33. The number of likely N-dealkylation sites (tertiary alicyclic amines) is 1. The van der Waals surface area contributed by atoms with E-state index >= 15 is 0 Å². The summed E-state index contributed by atoms with van der Waals surface area (Å²) in [6.45, 7) is 4.34. The third-order valence-corrected chi connectivity index (χ3v) is 5.44. The zero-order chi connectivity index (χ0) is 18.5. The number of hydrogen-bond acceptors (Lipinski definition) is 5. The first-order valence-electron chi connectivity index (χ1n) is 8.81. The van der Waals surface area contributed by atoms with Gasteiger partial charge in [-0.3, -0.25) is 14.5 Å². The van der Waals surface area contributed by atoms with Gasteiger partial charge in [-0.1, -0.05) is 17.7 Å². The van der Waals surface area contributed by atoms with Crippen LogP contribution in [0.4, 0.5) is 5.69 Å². The maximum absolute atomic E-state index is 12.2. The fourth-order valence-electron chi connectivity index (χ4n) is 3.14. The molecule has 0 spiro atoms. The second-order valence-corrected chi connectivity index (χ2v) is 7.74. The van der Waals surface area contributed by atoms with Crippen molar-refractivity contribution in [2.24, 2.45) is 11.7 Å². The second kappa shape index (κ2) is 8.42. The molecule has 3 N–H and O–H groups in total. The van der Waals surface area contributed by atoms with Crippen molar-refractivity contribution in [2.45, 2.75) is 32.7 Å². The molecule has 1 saturated heterocycles. The number of aryl methyl sites for hydroxylation is 1. The molecule has 1 aliphatic rings. The molecule has 1 fully saturated rings. The van der Waals surface area contributed by atoms with Gasteiger partial charge in [0.2, 0.25) is 11.8 Å². The molecule has 138 valence electrons. The Labute approximate surface area is 157 Å². The highest BCUT2D eigenvalue weighted by atomic mass is 32.1. The number of piperidine rings is 1. The smallest absolute Gasteiger partial charge is 0.231 e. The van der Waals surface area contributed by atoms with Crippen molar-refractivity contribution in [1.29, 1.82) is 0 Å². The summed E-state index contributed by atoms with van der Waals surface area (Å²) in [4.78, 5) is 30.3. The van der Waals surface area contributed by atoms with Crippen molar-refractivity contribution < 1.29 is 9.59 Å². The Morgan fingerprint density at radius 1 is 1.35 bits per heavy atom. The molecule has 26 heavy (non-hydrogen) atoms. The summed E-state index contributed by atoms with van der Waals surface area (Å²) in [6.07, 6.45) is 2.11. The maximum atomic E-state index is 12.2. The minimum absolute atomic E-state index is 0.0675. The molecule has 1 aromatic heterocycles. The molecule has 2 heterocycles. The topological polar surface area (TPSA) is 88.3 Å². The Morgan fingerprint density at radius 2 is 2.12 bits per heavy atom. The number of nitrogens with zero attached hydrogens (tertiary/aromatic N) is 2. The van der Waals surface area contributed by atoms with E-state index in [1.807, 2.05) is 36.6 Å². The molecular weight excluding hydrogens is 348 g/mol. The van der Waals surface area contributed by atoms with Gasteiger partial charge in [0.05, 0.1) is 18.0 Å². The number of primary amides is 1. The van der Waals surface area contributed by atoms with Gasteiger partial charge in [0, 0.05) is 24.2 Å². The van der Waals surface area contributed by atoms with Crippen molar-refractivity contribution in [1.82, 2.24) is 9.88 Å². The molecule has 0 saturated carbocycles. The van der Waals surface area contributed by atoms with Crippen LogP contribution in [0.1, 0.15) is 29.1 Å². The van der Waals surface area contributed by atoms with Crippen molar-refractivity contribution in [2.75, 3.05) is 18.4 Å². The zero-order valence-electron chi connectivity index (χ0n) is 14.9. The van der Waals surface area contributed by atoms with Crippen molar-refractivity contribution >= 4 is 28.8 Å². The Balaban J connectivity index is 1.52. The van der Waals surface area contributed by atoms with Gasteiger partial charge in [0.25, 0.3) is 0 Å². The van der Waals surface area contributed by atoms with Gasteiger partial charge in [-0.2, -0.15) is 0 Å². The third kappa shape index (κ3) is 5.12. The van der Waals surface area contributed by atoms with Crippen molar-refractivity contribution in [3.05, 3.63) is 45.9 Å². The Morgan fingerprint density at radius 3 is 2.85 bits per heavy atom. The number of nitrogens with one attached hydrogen (secondary N) is 1. The molecule has 3 rings (SSSR count). The van der Waals surface area contributed by atoms with Crippen LogP contribution in [0.3, 0.4) is 0 Å². The Kier molecular flexibility index (Phi) is 6.00. The van der Waals surface area contributed by atoms with Crippen LogP contribution in [-0.2, 0) is 22.6 Å². The van der Waals surface area contributed by atoms with Gasteiger partial charge in [-0.25, -0.2) is 4.98 Å². The average Bonchev–Trinajstić information content (AvgIpc) is 3.04. The van der Waals surface area contributed by atoms with E-state index in [1.54, 1.807) is 0 Å². The highest BCUT2D eigenvalue weighted by molar-refractivity contribution is 7.09. The van der Waals surface area contributed by atoms with Gasteiger partial charge in [-0.05, 0) is 38.4 Å². The van der Waals surface area contributed by atoms with E-state index in [0.29, 0.717) is 13.1 Å². The van der Waals surface area contributed by atoms with E-state index in [2.05, 4.69) is 15.2 Å². The van der Waals surface area contributed by atoms with Crippen LogP contribution < -0.4 is 11.1 Å². The number of carbonyl (C=O) groups is 2. The largest absolute Gasteiger partial charge is 0.369 e. The van der Waals surface area contributed by atoms with Gasteiger partial charge in [-0.15, -0.1) is 11.3 Å². The summed E-state index contributed by atoms with van der Waals surface area (Å²) in [5, 5.41) is 5.68. The van der Waals surface area contributed by atoms with Crippen LogP contribution in [0, 0.1) is 12.8 Å². The lowest BCUT2D eigenvalue weighted by Crippen LogP contribution is -2.40. The summed E-state index contributed by atoms with van der Waals surface area (Å²) in [5.41, 5.74) is 8.32. The van der Waals surface area contributed by atoms with Crippen LogP contribution in [0.2, 0.25) is 0 Å². The van der Waals surface area contributed by atoms with Crippen LogP contribution >= 0.6 is 11.3 Å². The monoisotopic (exact) mass is 372 g/mol. The van der Waals surface area contributed by atoms with Gasteiger partial charge >= 0.3 is 0 Å². The summed E-state index contributed by atoms with van der Waals surface area (Å²) in [5.74, 6) is -0.356. The van der Waals surface area contributed by atoms with Crippen LogP contribution in [-0.4, -0.2) is 34.8 Å². The second-order valence-electron chi connectivity index (χ2n) is 6.80. The average molecular weight is 372 g/mol. The molecule has 1 aliphatic heterocycles. The maximum Gasteiger partial charge on any atom is 0.231 e. The van der Waals surface area contributed by atoms with Gasteiger partial charge in [0.15, 0.2) is 0 Å². The molecule has 1 aromatic carbocycles. The number of anilines is 1. The fourth-order valence-corrected chi connectivity index (χ4v) is 3.93. The first kappa shape index (κ1) is 18.5. The summed E-state index contributed by atoms with van der Waals surface area (Å²) >= 11 is 1.50. The quantitative estimate of drug-likeness (QED) is 0.814. The lowest BCUT2D eigenvalue weighted by atomic mass is 9.97. The standard InChI is InChI=1S/C19H24N4O2S/c1-13-4-6-15(7-5-13)21-17(24)9-18-22-16(12-26-18)11-23-8-2-3-14(10-23)19(20)25/h4-7,12,14H,2-3,8-11H2,1H3,(H2,20,25)(H,21,24)/t14-/m0/s1. The molecule has 7 heteroatoms. The number of amides is 2. The third-order valence-electron chi connectivity index (χ3n) is 4.54. The number of benzene rings is 1. The number of nitrogens with two attached hydrogens (primary N) is 1. The van der Waals surface area contributed by atoms with Crippen LogP contribution in [0.5, 0.6) is 0 Å². The molecule has 2 aromatic rings. The van der Waals surface area contributed by atoms with Crippen LogP contribution in [0.15, 0.2) is 29.6 Å². The fraction of sp³-hybridized carbons (Fsp3) is 0.421. The summed E-state index contributed by atoms with van der Waals surface area (Å²) in [6, 6.07) is 7.72. The lowest BCUT2D eigenvalue weighted by molar-refractivity contribution is -0.123. The minimum atomic E-state index is -0.221. The van der Waals surface area contributed by atoms with Crippen molar-refractivity contribution in [3.63, 3.8) is 0 Å². The molecule has 0 radical (unpaired) electrons. The summed E-state index contributed by atoms with van der Waals surface area (Å²) < 4.78 is 0. The lowest BCUT2D eigenvalue weighted by Gasteiger charge is -2.30. The van der Waals surface area contributed by atoms with Crippen LogP contribution in [0.25, 0.3) is 0 Å². The van der Waals surface area contributed by atoms with E-state index in [1.165, 1.54) is 11.3 Å². The normalized spacial score (nSPS) is 17.8. The Hall–Kier alpha value is -2.25. The summed E-state index contributed by atoms with van der Waals surface area (Å²) in [7, 11) is 0. The molecule has 1 atom stereocenters. The molecule has 0 unspecified atom stereocenters. The van der Waals surface area contributed by atoms with E-state index in [-0.39, 0.29) is 24.2 Å². The van der Waals surface area contributed by atoms with E-state index in [4.69, 9.17) is 5.73 Å². The molecule has 0 aliphatic carbocycles. The predicted molar refractivity (Wildman–Crippen MR) is 103 cm³/mol. The highest BCUT2D eigenvalue weighted by Crippen LogP contribution is 2.20. The van der Waals surface area contributed by atoms with Crippen molar-refractivity contribution in [3.8, 4) is 0 Å². The van der Waals surface area contributed by atoms with E-state index in [0.717, 1.165) is 41.3 Å². The van der Waals surface area contributed by atoms with E-state index < -0.39 is 0 Å². The number of carbonyl (C=O) groups excluding carboxylic acids is 2. The first-order valence-corrected chi connectivity index (χ1v) is 9.69. The number of aromatic nitrogens is 1. The Bertz CT molecular complexity index is 772. The van der Waals surface area contributed by atoms with Gasteiger partial charge in [0.1, 0.15) is 5.01 Å². The number of hydrogen-bond donors (Lipinski definition) is 2. The molecule has 6 nitrogen and oxygen atoms in total. The highest BCUT2D eigenvalue weighted by Gasteiger charge is 2.24. The molecule has 0 bridgehead atoms. The number of rotatable bonds is 6. The SMILES string of the molecule is Cc1ccc(NC(=O)Cc2nc(CN3CCC[C@H](C(N)=O)C3)cs2)cc1. The minimum Gasteiger partial charge on any atom is -0.369 e. The first-order chi connectivity index (χ1) is 12.5.